The van der Waals surface area contributed by atoms with Crippen LogP contribution < -0.4 is 5.32 Å². The first-order valence-corrected chi connectivity index (χ1v) is 6.90. The SMILES string of the molecule is Cc1ccc(C(=O)NCCC(=O)N2CCCC2)cc1F. The number of amides is 2. The Morgan fingerprint density at radius 1 is 1.30 bits per heavy atom. The molecule has 1 aromatic rings. The van der Waals surface area contributed by atoms with Crippen LogP contribution in [0.1, 0.15) is 35.2 Å². The maximum absolute atomic E-state index is 13.4. The molecule has 0 aromatic heterocycles. The van der Waals surface area contributed by atoms with Crippen LogP contribution in [0.3, 0.4) is 0 Å². The molecule has 1 aliphatic rings. The molecule has 1 heterocycles. The van der Waals surface area contributed by atoms with E-state index in [0.29, 0.717) is 12.0 Å². The highest BCUT2D eigenvalue weighted by Gasteiger charge is 2.17. The molecular weight excluding hydrogens is 259 g/mol. The standard InChI is InChI=1S/C15H19FN2O2/c1-11-4-5-12(10-13(11)16)15(20)17-7-6-14(19)18-8-2-3-9-18/h4-5,10H,2-3,6-9H2,1H3,(H,17,20). The predicted molar refractivity (Wildman–Crippen MR) is 73.9 cm³/mol. The van der Waals surface area contributed by atoms with Crippen LogP contribution in [-0.2, 0) is 4.79 Å². The Balaban J connectivity index is 1.79. The minimum Gasteiger partial charge on any atom is -0.352 e. The largest absolute Gasteiger partial charge is 0.352 e. The molecule has 0 unspecified atom stereocenters. The number of nitrogens with zero attached hydrogens (tertiary/aromatic N) is 1. The molecule has 20 heavy (non-hydrogen) atoms. The monoisotopic (exact) mass is 278 g/mol. The molecule has 4 nitrogen and oxygen atoms in total. The molecule has 0 atom stereocenters. The Hall–Kier alpha value is -1.91. The summed E-state index contributed by atoms with van der Waals surface area (Å²) in [4.78, 5) is 25.4. The fourth-order valence-corrected chi connectivity index (χ4v) is 2.24. The van der Waals surface area contributed by atoms with Gasteiger partial charge in [-0.15, -0.1) is 0 Å². The highest BCUT2D eigenvalue weighted by atomic mass is 19.1. The number of hydrogen-bond acceptors (Lipinski definition) is 2. The molecule has 0 bridgehead atoms. The van der Waals surface area contributed by atoms with Gasteiger partial charge in [-0.25, -0.2) is 4.39 Å². The summed E-state index contributed by atoms with van der Waals surface area (Å²) >= 11 is 0. The van der Waals surface area contributed by atoms with E-state index >= 15 is 0 Å². The molecule has 2 amide bonds. The van der Waals surface area contributed by atoms with Crippen molar-refractivity contribution in [3.8, 4) is 0 Å². The zero-order valence-corrected chi connectivity index (χ0v) is 11.6. The number of aryl methyl sites for hydroxylation is 1. The van der Waals surface area contributed by atoms with Gasteiger partial charge < -0.3 is 10.2 Å². The van der Waals surface area contributed by atoms with Crippen LogP contribution >= 0.6 is 0 Å². The Morgan fingerprint density at radius 2 is 2.00 bits per heavy atom. The topological polar surface area (TPSA) is 49.4 Å². The molecule has 1 saturated heterocycles. The molecule has 0 radical (unpaired) electrons. The Bertz CT molecular complexity index is 511. The number of benzene rings is 1. The van der Waals surface area contributed by atoms with Gasteiger partial charge in [0.2, 0.25) is 5.91 Å². The second-order valence-electron chi connectivity index (χ2n) is 5.06. The van der Waals surface area contributed by atoms with Gasteiger partial charge in [-0.1, -0.05) is 6.07 Å². The lowest BCUT2D eigenvalue weighted by Gasteiger charge is -2.15. The molecule has 5 heteroatoms. The average Bonchev–Trinajstić information content (AvgIpc) is 2.95. The van der Waals surface area contributed by atoms with E-state index in [1.165, 1.54) is 6.07 Å². The first-order chi connectivity index (χ1) is 9.58. The van der Waals surface area contributed by atoms with Crippen LogP contribution in [0.25, 0.3) is 0 Å². The van der Waals surface area contributed by atoms with Gasteiger partial charge in [0.25, 0.3) is 5.91 Å². The van der Waals surface area contributed by atoms with Gasteiger partial charge in [-0.2, -0.15) is 0 Å². The summed E-state index contributed by atoms with van der Waals surface area (Å²) in [5.74, 6) is -0.679. The van der Waals surface area contributed by atoms with E-state index in [2.05, 4.69) is 5.32 Å². The van der Waals surface area contributed by atoms with Gasteiger partial charge >= 0.3 is 0 Å². The summed E-state index contributed by atoms with van der Waals surface area (Å²) < 4.78 is 13.4. The molecule has 1 fully saturated rings. The van der Waals surface area contributed by atoms with Crippen LogP contribution in [-0.4, -0.2) is 36.3 Å². The smallest absolute Gasteiger partial charge is 0.251 e. The molecule has 1 N–H and O–H groups in total. The van der Waals surface area contributed by atoms with Crippen LogP contribution in [0.4, 0.5) is 4.39 Å². The number of halogens is 1. The predicted octanol–water partition coefficient (Wildman–Crippen LogP) is 1.88. The molecular formula is C15H19FN2O2. The van der Waals surface area contributed by atoms with Crippen molar-refractivity contribution in [1.82, 2.24) is 10.2 Å². The third kappa shape index (κ3) is 3.56. The quantitative estimate of drug-likeness (QED) is 0.914. The summed E-state index contributed by atoms with van der Waals surface area (Å²) in [6.07, 6.45) is 2.40. The lowest BCUT2D eigenvalue weighted by Crippen LogP contribution is -2.32. The molecule has 108 valence electrons. The maximum atomic E-state index is 13.4. The summed E-state index contributed by atoms with van der Waals surface area (Å²) in [7, 11) is 0. The van der Waals surface area contributed by atoms with Crippen molar-refractivity contribution in [3.63, 3.8) is 0 Å². The Kier molecular flexibility index (Phi) is 4.71. The Labute approximate surface area is 118 Å². The number of carbonyl (C=O) groups is 2. The minimum atomic E-state index is -0.397. The zero-order chi connectivity index (χ0) is 14.5. The number of likely N-dealkylation sites (tertiary alicyclic amines) is 1. The van der Waals surface area contributed by atoms with Gasteiger partial charge in [0, 0.05) is 31.6 Å². The second kappa shape index (κ2) is 6.50. The summed E-state index contributed by atoms with van der Waals surface area (Å²) in [6, 6.07) is 4.36. The van der Waals surface area contributed by atoms with E-state index in [1.54, 1.807) is 19.1 Å². The van der Waals surface area contributed by atoms with Gasteiger partial charge in [-0.05, 0) is 37.5 Å². The van der Waals surface area contributed by atoms with Crippen molar-refractivity contribution >= 4 is 11.8 Å². The van der Waals surface area contributed by atoms with E-state index in [4.69, 9.17) is 0 Å². The van der Waals surface area contributed by atoms with E-state index in [0.717, 1.165) is 25.9 Å². The summed E-state index contributed by atoms with van der Waals surface area (Å²) in [5.41, 5.74) is 0.785. The van der Waals surface area contributed by atoms with Crippen molar-refractivity contribution in [2.75, 3.05) is 19.6 Å². The van der Waals surface area contributed by atoms with E-state index in [9.17, 15) is 14.0 Å². The van der Waals surface area contributed by atoms with Gasteiger partial charge in [0.1, 0.15) is 5.82 Å². The first kappa shape index (κ1) is 14.5. The lowest BCUT2D eigenvalue weighted by molar-refractivity contribution is -0.129. The first-order valence-electron chi connectivity index (χ1n) is 6.90. The highest BCUT2D eigenvalue weighted by molar-refractivity contribution is 5.94. The molecule has 0 saturated carbocycles. The number of carbonyl (C=O) groups excluding carboxylic acids is 2. The molecule has 1 aromatic carbocycles. The minimum absolute atomic E-state index is 0.0675. The number of nitrogens with one attached hydrogen (secondary N) is 1. The third-order valence-corrected chi connectivity index (χ3v) is 3.52. The fourth-order valence-electron chi connectivity index (χ4n) is 2.24. The van der Waals surface area contributed by atoms with Crippen molar-refractivity contribution in [1.29, 1.82) is 0 Å². The van der Waals surface area contributed by atoms with Crippen molar-refractivity contribution in [3.05, 3.63) is 35.1 Å². The third-order valence-electron chi connectivity index (χ3n) is 3.52. The zero-order valence-electron chi connectivity index (χ0n) is 11.6. The molecule has 2 rings (SSSR count). The van der Waals surface area contributed by atoms with Crippen molar-refractivity contribution in [2.24, 2.45) is 0 Å². The molecule has 1 aliphatic heterocycles. The fraction of sp³-hybridized carbons (Fsp3) is 0.467. The van der Waals surface area contributed by atoms with E-state index in [1.807, 2.05) is 4.90 Å². The van der Waals surface area contributed by atoms with Gasteiger partial charge in [0.15, 0.2) is 0 Å². The van der Waals surface area contributed by atoms with Crippen LogP contribution in [0.15, 0.2) is 18.2 Å². The van der Waals surface area contributed by atoms with E-state index in [-0.39, 0.29) is 23.9 Å². The van der Waals surface area contributed by atoms with Crippen LogP contribution in [0.5, 0.6) is 0 Å². The summed E-state index contributed by atoms with van der Waals surface area (Å²) in [5, 5.41) is 2.65. The second-order valence-corrected chi connectivity index (χ2v) is 5.06. The normalized spacial score (nSPS) is 14.4. The molecule has 0 spiro atoms. The number of hydrogen-bond donors (Lipinski definition) is 1. The van der Waals surface area contributed by atoms with Crippen LogP contribution in [0.2, 0.25) is 0 Å². The summed E-state index contributed by atoms with van der Waals surface area (Å²) in [6.45, 7) is 3.56. The van der Waals surface area contributed by atoms with Gasteiger partial charge in [0.05, 0.1) is 0 Å². The number of rotatable bonds is 4. The Morgan fingerprint density at radius 3 is 2.65 bits per heavy atom. The van der Waals surface area contributed by atoms with E-state index < -0.39 is 5.82 Å². The van der Waals surface area contributed by atoms with Crippen molar-refractivity contribution < 1.29 is 14.0 Å². The lowest BCUT2D eigenvalue weighted by atomic mass is 10.1. The average molecular weight is 278 g/mol. The molecule has 0 aliphatic carbocycles. The van der Waals surface area contributed by atoms with Crippen LogP contribution in [0, 0.1) is 12.7 Å². The van der Waals surface area contributed by atoms with Gasteiger partial charge in [-0.3, -0.25) is 9.59 Å². The maximum Gasteiger partial charge on any atom is 0.251 e. The highest BCUT2D eigenvalue weighted by Crippen LogP contribution is 2.10. The van der Waals surface area contributed by atoms with Crippen molar-refractivity contribution in [2.45, 2.75) is 26.2 Å².